The highest BCUT2D eigenvalue weighted by Crippen LogP contribution is 2.19. The van der Waals surface area contributed by atoms with Crippen molar-refractivity contribution in [3.05, 3.63) is 35.7 Å². The van der Waals surface area contributed by atoms with Crippen LogP contribution in [0.25, 0.3) is 0 Å². The van der Waals surface area contributed by atoms with Gasteiger partial charge in [0.05, 0.1) is 13.2 Å². The lowest BCUT2D eigenvalue weighted by atomic mass is 10.1. The molecule has 0 aliphatic heterocycles. The number of para-hydroxylation sites is 1. The van der Waals surface area contributed by atoms with Crippen LogP contribution >= 0.6 is 0 Å². The lowest BCUT2D eigenvalue weighted by Gasteiger charge is -2.18. The Hall–Kier alpha value is -1.95. The Morgan fingerprint density at radius 1 is 1.32 bits per heavy atom. The Morgan fingerprint density at radius 3 is 2.79 bits per heavy atom. The van der Waals surface area contributed by atoms with Gasteiger partial charge >= 0.3 is 0 Å². The number of ether oxygens (including phenoxy) is 1. The van der Waals surface area contributed by atoms with E-state index >= 15 is 0 Å². The highest BCUT2D eigenvalue weighted by atomic mass is 16.5. The van der Waals surface area contributed by atoms with Crippen LogP contribution in [0.2, 0.25) is 0 Å². The first-order chi connectivity index (χ1) is 9.20. The molecular weight excluding hydrogens is 242 g/mol. The van der Waals surface area contributed by atoms with Crippen molar-refractivity contribution in [2.75, 3.05) is 7.11 Å². The molecule has 0 aliphatic rings. The Bertz CT molecular complexity index is 499. The lowest BCUT2D eigenvalue weighted by molar-refractivity contribution is 0.402. The maximum absolute atomic E-state index is 5.36. The average Bonchev–Trinajstić information content (AvgIpc) is 2.93. The summed E-state index contributed by atoms with van der Waals surface area (Å²) in [5.41, 5.74) is 1.19. The highest BCUT2D eigenvalue weighted by Gasteiger charge is 2.14. The maximum atomic E-state index is 5.36. The van der Waals surface area contributed by atoms with Crippen molar-refractivity contribution in [1.82, 2.24) is 25.9 Å². The van der Waals surface area contributed by atoms with E-state index in [0.717, 1.165) is 12.2 Å². The predicted molar refractivity (Wildman–Crippen MR) is 71.9 cm³/mol. The summed E-state index contributed by atoms with van der Waals surface area (Å²) >= 11 is 0. The van der Waals surface area contributed by atoms with Crippen LogP contribution in [0.1, 0.15) is 31.3 Å². The molecule has 0 bridgehead atoms. The first kappa shape index (κ1) is 13.5. The number of benzene rings is 1. The molecule has 0 amide bonds. The molecule has 2 N–H and O–H groups in total. The van der Waals surface area contributed by atoms with Crippen LogP contribution in [0.4, 0.5) is 0 Å². The summed E-state index contributed by atoms with van der Waals surface area (Å²) in [6, 6.07) is 8.39. The number of aromatic nitrogens is 4. The molecule has 0 saturated heterocycles. The fourth-order valence-corrected chi connectivity index (χ4v) is 2.11. The number of nitrogens with one attached hydrogen (secondary N) is 2. The smallest absolute Gasteiger partial charge is 0.191 e. The summed E-state index contributed by atoms with van der Waals surface area (Å²) in [5.74, 6) is 1.59. The zero-order chi connectivity index (χ0) is 13.7. The average molecular weight is 261 g/mol. The van der Waals surface area contributed by atoms with E-state index in [-0.39, 0.29) is 12.1 Å². The first-order valence-corrected chi connectivity index (χ1v) is 6.32. The molecule has 6 nitrogen and oxygen atoms in total. The summed E-state index contributed by atoms with van der Waals surface area (Å²) in [6.45, 7) is 4.15. The highest BCUT2D eigenvalue weighted by molar-refractivity contribution is 5.33. The standard InChI is InChI=1S/C13H19N5O/c1-9(14-10(2)13-15-17-18-16-13)8-11-6-4-5-7-12(11)19-3/h4-7,9-10,14H,8H2,1-3H3,(H,15,16,17,18). The molecule has 0 aliphatic carbocycles. The second-order valence-corrected chi connectivity index (χ2v) is 4.58. The van der Waals surface area contributed by atoms with Crippen LogP contribution in [0.3, 0.4) is 0 Å². The molecular formula is C13H19N5O. The number of tetrazole rings is 1. The second kappa shape index (κ2) is 6.29. The lowest BCUT2D eigenvalue weighted by Crippen LogP contribution is -2.31. The molecule has 2 unspecified atom stereocenters. The minimum absolute atomic E-state index is 0.0588. The minimum Gasteiger partial charge on any atom is -0.496 e. The molecule has 0 fully saturated rings. The van der Waals surface area contributed by atoms with Gasteiger partial charge in [-0.2, -0.15) is 5.21 Å². The van der Waals surface area contributed by atoms with Crippen molar-refractivity contribution in [1.29, 1.82) is 0 Å². The van der Waals surface area contributed by atoms with Crippen LogP contribution < -0.4 is 10.1 Å². The van der Waals surface area contributed by atoms with E-state index in [1.165, 1.54) is 5.56 Å². The third-order valence-corrected chi connectivity index (χ3v) is 3.00. The molecule has 6 heteroatoms. The number of rotatable bonds is 6. The molecule has 1 aromatic carbocycles. The van der Waals surface area contributed by atoms with E-state index in [9.17, 15) is 0 Å². The van der Waals surface area contributed by atoms with Crippen LogP contribution in [0.15, 0.2) is 24.3 Å². The van der Waals surface area contributed by atoms with Crippen molar-refractivity contribution in [3.8, 4) is 5.75 Å². The molecule has 19 heavy (non-hydrogen) atoms. The Balaban J connectivity index is 1.95. The van der Waals surface area contributed by atoms with E-state index in [4.69, 9.17) is 4.74 Å². The Morgan fingerprint density at radius 2 is 2.11 bits per heavy atom. The number of hydrogen-bond acceptors (Lipinski definition) is 5. The number of H-pyrrole nitrogens is 1. The van der Waals surface area contributed by atoms with Gasteiger partial charge in [0.25, 0.3) is 0 Å². The number of aromatic amines is 1. The summed E-state index contributed by atoms with van der Waals surface area (Å²) in [4.78, 5) is 0. The van der Waals surface area contributed by atoms with Gasteiger partial charge in [0, 0.05) is 6.04 Å². The molecule has 0 spiro atoms. The minimum atomic E-state index is 0.0588. The molecule has 0 saturated carbocycles. The number of methoxy groups -OCH3 is 1. The molecule has 0 radical (unpaired) electrons. The largest absolute Gasteiger partial charge is 0.496 e. The van der Waals surface area contributed by atoms with Gasteiger partial charge in [-0.3, -0.25) is 0 Å². The molecule has 2 aromatic rings. The fraction of sp³-hybridized carbons (Fsp3) is 0.462. The maximum Gasteiger partial charge on any atom is 0.191 e. The summed E-state index contributed by atoms with van der Waals surface area (Å²) < 4.78 is 5.36. The zero-order valence-corrected chi connectivity index (χ0v) is 11.4. The predicted octanol–water partition coefficient (Wildman–Crippen LogP) is 1.49. The van der Waals surface area contributed by atoms with Gasteiger partial charge in [-0.15, -0.1) is 10.2 Å². The van der Waals surface area contributed by atoms with Crippen molar-refractivity contribution < 1.29 is 4.74 Å². The van der Waals surface area contributed by atoms with Crippen LogP contribution in [0, 0.1) is 0 Å². The molecule has 2 rings (SSSR count). The van der Waals surface area contributed by atoms with Crippen molar-refractivity contribution in [2.45, 2.75) is 32.4 Å². The van der Waals surface area contributed by atoms with Gasteiger partial charge in [-0.1, -0.05) is 23.4 Å². The second-order valence-electron chi connectivity index (χ2n) is 4.58. The normalized spacial score (nSPS) is 14.1. The van der Waals surface area contributed by atoms with Crippen LogP contribution in [0.5, 0.6) is 5.75 Å². The van der Waals surface area contributed by atoms with E-state index < -0.39 is 0 Å². The van der Waals surface area contributed by atoms with Gasteiger partial charge in [0.1, 0.15) is 5.75 Å². The Labute approximate surface area is 112 Å². The van der Waals surface area contributed by atoms with Gasteiger partial charge < -0.3 is 10.1 Å². The first-order valence-electron chi connectivity index (χ1n) is 6.32. The number of nitrogens with zero attached hydrogens (tertiary/aromatic N) is 3. The third-order valence-electron chi connectivity index (χ3n) is 3.00. The van der Waals surface area contributed by atoms with E-state index in [2.05, 4.69) is 38.9 Å². The molecule has 1 aromatic heterocycles. The monoisotopic (exact) mass is 261 g/mol. The molecule has 2 atom stereocenters. The molecule has 1 heterocycles. The van der Waals surface area contributed by atoms with Gasteiger partial charge in [-0.25, -0.2) is 0 Å². The quantitative estimate of drug-likeness (QED) is 0.824. The van der Waals surface area contributed by atoms with Crippen molar-refractivity contribution >= 4 is 0 Å². The zero-order valence-electron chi connectivity index (χ0n) is 11.4. The SMILES string of the molecule is COc1ccccc1CC(C)NC(C)c1nn[nH]n1. The van der Waals surface area contributed by atoms with Gasteiger partial charge in [0.2, 0.25) is 0 Å². The van der Waals surface area contributed by atoms with E-state index in [1.807, 2.05) is 25.1 Å². The van der Waals surface area contributed by atoms with Crippen molar-refractivity contribution in [3.63, 3.8) is 0 Å². The van der Waals surface area contributed by atoms with E-state index in [0.29, 0.717) is 5.82 Å². The van der Waals surface area contributed by atoms with Crippen molar-refractivity contribution in [2.24, 2.45) is 0 Å². The van der Waals surface area contributed by atoms with Gasteiger partial charge in [-0.05, 0) is 31.9 Å². The molecule has 102 valence electrons. The third kappa shape index (κ3) is 3.51. The topological polar surface area (TPSA) is 75.7 Å². The number of hydrogen-bond donors (Lipinski definition) is 2. The fourth-order valence-electron chi connectivity index (χ4n) is 2.11. The summed E-state index contributed by atoms with van der Waals surface area (Å²) in [6.07, 6.45) is 0.881. The summed E-state index contributed by atoms with van der Waals surface area (Å²) in [7, 11) is 1.69. The summed E-state index contributed by atoms with van der Waals surface area (Å²) in [5, 5.41) is 17.4. The van der Waals surface area contributed by atoms with Crippen LogP contribution in [-0.2, 0) is 6.42 Å². The van der Waals surface area contributed by atoms with E-state index in [1.54, 1.807) is 7.11 Å². The Kier molecular flexibility index (Phi) is 4.46. The van der Waals surface area contributed by atoms with Crippen LogP contribution in [-0.4, -0.2) is 33.8 Å². The van der Waals surface area contributed by atoms with Gasteiger partial charge in [0.15, 0.2) is 5.82 Å².